The summed E-state index contributed by atoms with van der Waals surface area (Å²) in [6.45, 7) is 0. The van der Waals surface area contributed by atoms with Gasteiger partial charge in [-0.3, -0.25) is 0 Å². The fourth-order valence-electron chi connectivity index (χ4n) is 1.49. The second-order valence-corrected chi connectivity index (χ2v) is 5.82. The van der Waals surface area contributed by atoms with E-state index in [-0.39, 0.29) is 21.2 Å². The molecule has 0 unspecified atom stereocenters. The van der Waals surface area contributed by atoms with Crippen molar-refractivity contribution in [2.24, 2.45) is 0 Å². The first-order valence-corrected chi connectivity index (χ1v) is 6.66. The summed E-state index contributed by atoms with van der Waals surface area (Å²) < 4.78 is 50.9. The van der Waals surface area contributed by atoms with E-state index in [4.69, 9.17) is 11.5 Å². The lowest BCUT2D eigenvalue weighted by molar-refractivity contribution is 0.588. The number of hydrogen-bond donors (Lipinski definition) is 2. The molecule has 0 amide bonds. The van der Waals surface area contributed by atoms with Crippen LogP contribution in [0, 0.1) is 11.6 Å². The molecule has 19 heavy (non-hydrogen) atoms. The molecule has 0 fully saturated rings. The van der Waals surface area contributed by atoms with E-state index in [0.717, 1.165) is 36.4 Å². The van der Waals surface area contributed by atoms with E-state index in [9.17, 15) is 17.2 Å². The van der Waals surface area contributed by atoms with Crippen molar-refractivity contribution < 1.29 is 17.2 Å². The van der Waals surface area contributed by atoms with Gasteiger partial charge in [-0.25, -0.2) is 17.2 Å². The van der Waals surface area contributed by atoms with Crippen LogP contribution in [0.4, 0.5) is 20.2 Å². The zero-order valence-corrected chi connectivity index (χ0v) is 10.4. The van der Waals surface area contributed by atoms with Gasteiger partial charge in [0.05, 0.1) is 21.2 Å². The molecule has 2 rings (SSSR count). The molecule has 7 heteroatoms. The van der Waals surface area contributed by atoms with Gasteiger partial charge in [0.15, 0.2) is 0 Å². The van der Waals surface area contributed by atoms with Crippen LogP contribution in [0.15, 0.2) is 46.2 Å². The molecule has 0 bridgehead atoms. The predicted octanol–water partition coefficient (Wildman–Crippen LogP) is 1.96. The van der Waals surface area contributed by atoms with Crippen LogP contribution in [0.2, 0.25) is 0 Å². The Kier molecular flexibility index (Phi) is 3.15. The third-order valence-electron chi connectivity index (χ3n) is 2.56. The molecule has 0 aliphatic rings. The molecule has 0 spiro atoms. The average Bonchev–Trinajstić information content (AvgIpc) is 2.35. The van der Waals surface area contributed by atoms with E-state index < -0.39 is 21.5 Å². The summed E-state index contributed by atoms with van der Waals surface area (Å²) in [5.74, 6) is -1.70. The van der Waals surface area contributed by atoms with Gasteiger partial charge in [0.1, 0.15) is 11.6 Å². The maximum atomic E-state index is 13.3. The van der Waals surface area contributed by atoms with Crippen LogP contribution < -0.4 is 11.5 Å². The third kappa shape index (κ3) is 2.37. The van der Waals surface area contributed by atoms with Gasteiger partial charge in [0, 0.05) is 0 Å². The molecule has 100 valence electrons. The Labute approximate surface area is 108 Å². The minimum absolute atomic E-state index is 0.164. The van der Waals surface area contributed by atoms with Crippen molar-refractivity contribution in [3.05, 3.63) is 48.0 Å². The van der Waals surface area contributed by atoms with Crippen LogP contribution in [0.1, 0.15) is 0 Å². The third-order valence-corrected chi connectivity index (χ3v) is 4.31. The zero-order valence-electron chi connectivity index (χ0n) is 9.60. The molecule has 0 radical (unpaired) electrons. The van der Waals surface area contributed by atoms with E-state index in [1.807, 2.05) is 0 Å². The molecule has 0 aromatic heterocycles. The van der Waals surface area contributed by atoms with Gasteiger partial charge in [-0.1, -0.05) is 0 Å². The van der Waals surface area contributed by atoms with Gasteiger partial charge < -0.3 is 11.5 Å². The highest BCUT2D eigenvalue weighted by atomic mass is 32.2. The SMILES string of the molecule is Nc1ccc(S(=O)(=O)c2ccc(N)c(F)c2)cc1F. The fourth-order valence-corrected chi connectivity index (χ4v) is 2.77. The summed E-state index contributed by atoms with van der Waals surface area (Å²) in [4.78, 5) is -0.605. The topological polar surface area (TPSA) is 86.2 Å². The fraction of sp³-hybridized carbons (Fsp3) is 0. The van der Waals surface area contributed by atoms with E-state index in [1.165, 1.54) is 0 Å². The van der Waals surface area contributed by atoms with Crippen molar-refractivity contribution in [2.75, 3.05) is 11.5 Å². The molecule has 0 atom stereocenters. The Morgan fingerprint density at radius 3 is 1.47 bits per heavy atom. The summed E-state index contributed by atoms with van der Waals surface area (Å²) in [6, 6.07) is 6.16. The van der Waals surface area contributed by atoms with Gasteiger partial charge in [0.25, 0.3) is 0 Å². The molecule has 0 aliphatic heterocycles. The lowest BCUT2D eigenvalue weighted by Gasteiger charge is -2.06. The average molecular weight is 284 g/mol. The molecular formula is C12H10F2N2O2S. The van der Waals surface area contributed by atoms with Crippen LogP contribution in [-0.2, 0) is 9.84 Å². The first-order chi connectivity index (χ1) is 8.82. The Hall–Kier alpha value is -2.15. The molecule has 0 heterocycles. The maximum Gasteiger partial charge on any atom is 0.206 e. The molecule has 0 aliphatic carbocycles. The lowest BCUT2D eigenvalue weighted by atomic mass is 10.3. The molecule has 4 nitrogen and oxygen atoms in total. The maximum absolute atomic E-state index is 13.3. The number of nitrogens with two attached hydrogens (primary N) is 2. The van der Waals surface area contributed by atoms with Crippen LogP contribution in [0.25, 0.3) is 0 Å². The summed E-state index contributed by atoms with van der Waals surface area (Å²) >= 11 is 0. The summed E-state index contributed by atoms with van der Waals surface area (Å²) in [7, 11) is -4.01. The minimum atomic E-state index is -4.01. The van der Waals surface area contributed by atoms with Gasteiger partial charge in [0.2, 0.25) is 9.84 Å². The number of hydrogen-bond acceptors (Lipinski definition) is 4. The highest BCUT2D eigenvalue weighted by Gasteiger charge is 2.20. The Morgan fingerprint density at radius 2 is 1.16 bits per heavy atom. The van der Waals surface area contributed by atoms with Gasteiger partial charge in [-0.05, 0) is 36.4 Å². The second-order valence-electron chi connectivity index (χ2n) is 3.87. The van der Waals surface area contributed by atoms with E-state index in [2.05, 4.69) is 0 Å². The molecule has 0 saturated carbocycles. The monoisotopic (exact) mass is 284 g/mol. The number of rotatable bonds is 2. The van der Waals surface area contributed by atoms with Crippen molar-refractivity contribution in [3.8, 4) is 0 Å². The van der Waals surface area contributed by atoms with Crippen molar-refractivity contribution in [1.82, 2.24) is 0 Å². The number of anilines is 2. The van der Waals surface area contributed by atoms with E-state index in [0.29, 0.717) is 0 Å². The van der Waals surface area contributed by atoms with Crippen LogP contribution >= 0.6 is 0 Å². The first-order valence-electron chi connectivity index (χ1n) is 5.17. The zero-order chi connectivity index (χ0) is 14.2. The van der Waals surface area contributed by atoms with Gasteiger partial charge in [-0.2, -0.15) is 0 Å². The molecule has 2 aromatic carbocycles. The summed E-state index contributed by atoms with van der Waals surface area (Å²) in [5.41, 5.74) is 10.2. The van der Waals surface area contributed by atoms with Crippen LogP contribution in [-0.4, -0.2) is 8.42 Å². The smallest absolute Gasteiger partial charge is 0.206 e. The molecule has 4 N–H and O–H groups in total. The predicted molar refractivity (Wildman–Crippen MR) is 67.1 cm³/mol. The number of benzene rings is 2. The van der Waals surface area contributed by atoms with Crippen molar-refractivity contribution in [1.29, 1.82) is 0 Å². The second kappa shape index (κ2) is 4.51. The van der Waals surface area contributed by atoms with Crippen LogP contribution in [0.3, 0.4) is 0 Å². The lowest BCUT2D eigenvalue weighted by Crippen LogP contribution is -2.05. The Morgan fingerprint density at radius 1 is 0.789 bits per heavy atom. The number of sulfone groups is 1. The Bertz CT molecular complexity index is 688. The van der Waals surface area contributed by atoms with Crippen molar-refractivity contribution >= 4 is 21.2 Å². The largest absolute Gasteiger partial charge is 0.396 e. The molecule has 2 aromatic rings. The van der Waals surface area contributed by atoms with Crippen LogP contribution in [0.5, 0.6) is 0 Å². The number of nitrogen functional groups attached to an aromatic ring is 2. The molecular weight excluding hydrogens is 274 g/mol. The van der Waals surface area contributed by atoms with E-state index in [1.54, 1.807) is 0 Å². The van der Waals surface area contributed by atoms with Crippen molar-refractivity contribution in [3.63, 3.8) is 0 Å². The quantitative estimate of drug-likeness (QED) is 0.825. The van der Waals surface area contributed by atoms with Crippen molar-refractivity contribution in [2.45, 2.75) is 9.79 Å². The van der Waals surface area contributed by atoms with E-state index >= 15 is 0 Å². The standard InChI is InChI=1S/C12H10F2N2O2S/c13-9-5-7(1-3-11(9)15)19(17,18)8-2-4-12(16)10(14)6-8/h1-6H,15-16H2. The van der Waals surface area contributed by atoms with Gasteiger partial charge >= 0.3 is 0 Å². The molecule has 0 saturated heterocycles. The first kappa shape index (κ1) is 13.3. The highest BCUT2D eigenvalue weighted by molar-refractivity contribution is 7.91. The number of halogens is 2. The van der Waals surface area contributed by atoms with Gasteiger partial charge in [-0.15, -0.1) is 0 Å². The summed E-state index contributed by atoms with van der Waals surface area (Å²) in [6.07, 6.45) is 0. The Balaban J connectivity index is 2.58. The minimum Gasteiger partial charge on any atom is -0.396 e. The highest BCUT2D eigenvalue weighted by Crippen LogP contribution is 2.25. The normalized spacial score (nSPS) is 11.5. The summed E-state index contributed by atoms with van der Waals surface area (Å²) in [5, 5.41) is 0.